The summed E-state index contributed by atoms with van der Waals surface area (Å²) in [6.45, 7) is 6.07. The quantitative estimate of drug-likeness (QED) is 0.724. The van der Waals surface area contributed by atoms with Crippen LogP contribution in [0.1, 0.15) is 19.4 Å². The molecule has 1 N–H and O–H groups in total. The predicted octanol–water partition coefficient (Wildman–Crippen LogP) is 2.48. The van der Waals surface area contributed by atoms with Gasteiger partial charge in [-0.3, -0.25) is 0 Å². The molecular weight excluding hydrogens is 186 g/mol. The van der Waals surface area contributed by atoms with E-state index < -0.39 is 0 Å². The Morgan fingerprint density at radius 1 is 1.27 bits per heavy atom. The van der Waals surface area contributed by atoms with E-state index in [-0.39, 0.29) is 0 Å². The topological polar surface area (TPSA) is 21.3 Å². The lowest BCUT2D eigenvalue weighted by molar-refractivity contribution is 0.314. The van der Waals surface area contributed by atoms with Gasteiger partial charge in [0, 0.05) is 6.54 Å². The van der Waals surface area contributed by atoms with E-state index in [1.165, 1.54) is 5.56 Å². The Bertz CT molecular complexity index is 284. The highest BCUT2D eigenvalue weighted by Crippen LogP contribution is 2.20. The summed E-state index contributed by atoms with van der Waals surface area (Å²) >= 11 is 0. The van der Waals surface area contributed by atoms with Crippen LogP contribution in [0.4, 0.5) is 0 Å². The normalized spacial score (nSPS) is 10.7. The molecule has 2 nitrogen and oxygen atoms in total. The van der Waals surface area contributed by atoms with Gasteiger partial charge >= 0.3 is 0 Å². The van der Waals surface area contributed by atoms with Crippen molar-refractivity contribution in [3.05, 3.63) is 29.8 Å². The molecule has 0 bridgehead atoms. The molecule has 0 aliphatic heterocycles. The fraction of sp³-hybridized carbons (Fsp3) is 0.538. The third-order valence-electron chi connectivity index (χ3n) is 2.21. The van der Waals surface area contributed by atoms with E-state index in [9.17, 15) is 0 Å². The standard InChI is InChI=1S/C13H21NO/c1-11(2)10-12-6-4-5-7-13(12)15-9-8-14-3/h4-7,11,14H,8-10H2,1-3H3. The first-order chi connectivity index (χ1) is 7.24. The Kier molecular flexibility index (Phi) is 5.19. The Morgan fingerprint density at radius 3 is 2.67 bits per heavy atom. The zero-order valence-electron chi connectivity index (χ0n) is 9.92. The van der Waals surface area contributed by atoms with Gasteiger partial charge in [0.15, 0.2) is 0 Å². The van der Waals surface area contributed by atoms with Crippen LogP contribution in [0.25, 0.3) is 0 Å². The van der Waals surface area contributed by atoms with Crippen LogP contribution >= 0.6 is 0 Å². The van der Waals surface area contributed by atoms with Gasteiger partial charge in [-0.2, -0.15) is 0 Å². The van der Waals surface area contributed by atoms with Gasteiger partial charge in [0.05, 0.1) is 0 Å². The molecule has 0 saturated heterocycles. The van der Waals surface area contributed by atoms with Crippen LogP contribution in [-0.4, -0.2) is 20.2 Å². The molecule has 1 aromatic rings. The van der Waals surface area contributed by atoms with Crippen LogP contribution in [-0.2, 0) is 6.42 Å². The predicted molar refractivity (Wildman–Crippen MR) is 64.4 cm³/mol. The number of ether oxygens (including phenoxy) is 1. The molecule has 0 aliphatic carbocycles. The lowest BCUT2D eigenvalue weighted by Crippen LogP contribution is -2.16. The molecule has 0 aliphatic rings. The van der Waals surface area contributed by atoms with Gasteiger partial charge in [-0.15, -0.1) is 0 Å². The van der Waals surface area contributed by atoms with E-state index in [1.54, 1.807) is 0 Å². The van der Waals surface area contributed by atoms with Crippen LogP contribution in [0.2, 0.25) is 0 Å². The van der Waals surface area contributed by atoms with Gasteiger partial charge in [0.25, 0.3) is 0 Å². The fourth-order valence-electron chi connectivity index (χ4n) is 1.52. The van der Waals surface area contributed by atoms with Crippen molar-refractivity contribution in [1.29, 1.82) is 0 Å². The van der Waals surface area contributed by atoms with Gasteiger partial charge in [-0.25, -0.2) is 0 Å². The second-order valence-electron chi connectivity index (χ2n) is 4.16. The van der Waals surface area contributed by atoms with Crippen molar-refractivity contribution in [2.45, 2.75) is 20.3 Å². The number of likely N-dealkylation sites (N-methyl/N-ethyl adjacent to an activating group) is 1. The zero-order chi connectivity index (χ0) is 11.1. The first-order valence-electron chi connectivity index (χ1n) is 5.59. The second kappa shape index (κ2) is 6.46. The van der Waals surface area contributed by atoms with Crippen molar-refractivity contribution < 1.29 is 4.74 Å². The molecule has 2 heteroatoms. The highest BCUT2D eigenvalue weighted by Gasteiger charge is 2.04. The zero-order valence-corrected chi connectivity index (χ0v) is 9.92. The van der Waals surface area contributed by atoms with Crippen molar-refractivity contribution in [1.82, 2.24) is 5.32 Å². The summed E-state index contributed by atoms with van der Waals surface area (Å²) in [7, 11) is 1.93. The van der Waals surface area contributed by atoms with Gasteiger partial charge in [-0.05, 0) is 31.0 Å². The lowest BCUT2D eigenvalue weighted by atomic mass is 10.0. The number of hydrogen-bond donors (Lipinski definition) is 1. The smallest absolute Gasteiger partial charge is 0.122 e. The summed E-state index contributed by atoms with van der Waals surface area (Å²) in [6, 6.07) is 8.29. The summed E-state index contributed by atoms with van der Waals surface area (Å²) in [5, 5.41) is 3.07. The van der Waals surface area contributed by atoms with E-state index in [0.29, 0.717) is 5.92 Å². The second-order valence-corrected chi connectivity index (χ2v) is 4.16. The van der Waals surface area contributed by atoms with E-state index in [0.717, 1.165) is 25.3 Å². The monoisotopic (exact) mass is 207 g/mol. The number of rotatable bonds is 6. The van der Waals surface area contributed by atoms with E-state index in [4.69, 9.17) is 4.74 Å². The van der Waals surface area contributed by atoms with E-state index in [1.807, 2.05) is 19.2 Å². The average molecular weight is 207 g/mol. The third kappa shape index (κ3) is 4.34. The molecule has 0 unspecified atom stereocenters. The first-order valence-corrected chi connectivity index (χ1v) is 5.59. The average Bonchev–Trinajstić information content (AvgIpc) is 2.20. The van der Waals surface area contributed by atoms with E-state index in [2.05, 4.69) is 31.3 Å². The van der Waals surface area contributed by atoms with Crippen molar-refractivity contribution in [2.24, 2.45) is 5.92 Å². The Hall–Kier alpha value is -1.02. The van der Waals surface area contributed by atoms with Crippen LogP contribution in [0.15, 0.2) is 24.3 Å². The SMILES string of the molecule is CNCCOc1ccccc1CC(C)C. The summed E-state index contributed by atoms with van der Waals surface area (Å²) in [5.74, 6) is 1.69. The Labute approximate surface area is 92.6 Å². The van der Waals surface area contributed by atoms with Crippen molar-refractivity contribution in [2.75, 3.05) is 20.2 Å². The minimum atomic E-state index is 0.666. The molecule has 0 aromatic heterocycles. The van der Waals surface area contributed by atoms with Crippen molar-refractivity contribution in [3.8, 4) is 5.75 Å². The summed E-state index contributed by atoms with van der Waals surface area (Å²) in [6.07, 6.45) is 1.08. The molecule has 0 radical (unpaired) electrons. The molecule has 0 heterocycles. The minimum Gasteiger partial charge on any atom is -0.492 e. The Balaban J connectivity index is 2.60. The van der Waals surface area contributed by atoms with Crippen LogP contribution in [0, 0.1) is 5.92 Å². The third-order valence-corrected chi connectivity index (χ3v) is 2.21. The van der Waals surface area contributed by atoms with Gasteiger partial charge in [0.1, 0.15) is 12.4 Å². The number of para-hydroxylation sites is 1. The Morgan fingerprint density at radius 2 is 2.00 bits per heavy atom. The number of benzene rings is 1. The van der Waals surface area contributed by atoms with Crippen LogP contribution < -0.4 is 10.1 Å². The van der Waals surface area contributed by atoms with Crippen molar-refractivity contribution in [3.63, 3.8) is 0 Å². The molecule has 1 rings (SSSR count). The molecule has 0 saturated carbocycles. The molecule has 0 atom stereocenters. The van der Waals surface area contributed by atoms with Crippen LogP contribution in [0.3, 0.4) is 0 Å². The molecule has 84 valence electrons. The van der Waals surface area contributed by atoms with Crippen LogP contribution in [0.5, 0.6) is 5.75 Å². The summed E-state index contributed by atoms with van der Waals surface area (Å²) < 4.78 is 5.72. The fourth-order valence-corrected chi connectivity index (χ4v) is 1.52. The molecule has 0 spiro atoms. The van der Waals surface area contributed by atoms with Crippen molar-refractivity contribution >= 4 is 0 Å². The maximum absolute atomic E-state index is 5.72. The molecule has 15 heavy (non-hydrogen) atoms. The molecular formula is C13H21NO. The molecule has 0 amide bonds. The molecule has 0 fully saturated rings. The van der Waals surface area contributed by atoms with Gasteiger partial charge in [-0.1, -0.05) is 32.0 Å². The maximum Gasteiger partial charge on any atom is 0.122 e. The number of hydrogen-bond acceptors (Lipinski definition) is 2. The summed E-state index contributed by atoms with van der Waals surface area (Å²) in [4.78, 5) is 0. The largest absolute Gasteiger partial charge is 0.492 e. The first kappa shape index (κ1) is 12.1. The minimum absolute atomic E-state index is 0.666. The highest BCUT2D eigenvalue weighted by atomic mass is 16.5. The number of nitrogens with one attached hydrogen (secondary N) is 1. The molecule has 1 aromatic carbocycles. The lowest BCUT2D eigenvalue weighted by Gasteiger charge is -2.12. The van der Waals surface area contributed by atoms with E-state index >= 15 is 0 Å². The van der Waals surface area contributed by atoms with Gasteiger partial charge < -0.3 is 10.1 Å². The highest BCUT2D eigenvalue weighted by molar-refractivity contribution is 5.33. The maximum atomic E-state index is 5.72. The van der Waals surface area contributed by atoms with Gasteiger partial charge in [0.2, 0.25) is 0 Å². The summed E-state index contributed by atoms with van der Waals surface area (Å²) in [5.41, 5.74) is 1.31.